The molecule has 59 heavy (non-hydrogen) atoms. The van der Waals surface area contributed by atoms with Gasteiger partial charge in [0.1, 0.15) is 35.9 Å². The molecule has 1 unspecified atom stereocenters. The van der Waals surface area contributed by atoms with Crippen LogP contribution in [0.5, 0.6) is 5.75 Å². The maximum atomic E-state index is 13.5. The Kier molecular flexibility index (Phi) is 18.1. The third kappa shape index (κ3) is 13.3. The molecule has 1 aromatic heterocycles. The number of aliphatic hydroxyl groups is 4. The molecule has 2 aliphatic heterocycles. The van der Waals surface area contributed by atoms with E-state index in [0.717, 1.165) is 22.8 Å². The van der Waals surface area contributed by atoms with E-state index in [1.54, 1.807) is 36.9 Å². The Hall–Kier alpha value is -2.38. The van der Waals surface area contributed by atoms with Crippen molar-refractivity contribution in [2.24, 2.45) is 17.8 Å². The SMILES string of the molecule is CC[C@H]1OC(=O)[C@H](C)C[C@H](C)[C@@H](O[C@@H]2O[C@H](C)C[C@H](N(C)CCc3cn(CCCOc4ccc([S+](C)[O-])cc4)nn3)[C@H]2O)[C@](C)(O)C[C@@H](C)CN(C)[C@H](C)[C@@H](O)[C@]1(C)O. The first kappa shape index (κ1) is 49.3. The van der Waals surface area contributed by atoms with E-state index in [1.807, 2.05) is 71.9 Å². The van der Waals surface area contributed by atoms with Crippen LogP contribution in [-0.2, 0) is 43.1 Å². The van der Waals surface area contributed by atoms with Crippen LogP contribution in [0.15, 0.2) is 35.4 Å². The summed E-state index contributed by atoms with van der Waals surface area (Å²) in [5.74, 6) is -0.826. The van der Waals surface area contributed by atoms with Crippen molar-refractivity contribution in [3.8, 4) is 5.75 Å². The topological polar surface area (TPSA) is 195 Å². The number of carbonyl (C=O) groups excluding carboxylic acids is 1. The number of hydrogen-bond acceptors (Lipinski definition) is 14. The normalized spacial score (nSPS) is 36.4. The van der Waals surface area contributed by atoms with Crippen molar-refractivity contribution in [2.45, 2.75) is 165 Å². The highest BCUT2D eigenvalue weighted by Crippen LogP contribution is 2.36. The summed E-state index contributed by atoms with van der Waals surface area (Å²) in [6.07, 6.45) is 1.14. The van der Waals surface area contributed by atoms with Gasteiger partial charge in [0, 0.05) is 50.8 Å². The molecule has 14 atom stereocenters. The molecule has 15 nitrogen and oxygen atoms in total. The van der Waals surface area contributed by atoms with Crippen molar-refractivity contribution in [2.75, 3.05) is 40.0 Å². The quantitative estimate of drug-likeness (QED) is 0.130. The predicted octanol–water partition coefficient (Wildman–Crippen LogP) is 3.42. The standard InChI is InChI=1S/C43H73N5O10S/c1-12-36-43(8,53)38(50)31(6)47(10)25-27(2)24-42(7,52)39(28(3)22-29(4)40(51)57-36)58-41-37(49)35(23-30(5)56-41)46(9)20-18-32-26-48(45-44-32)19-13-21-55-33-14-16-34(17-15-33)59(11)54/h14-17,26-31,35-39,41,49-50,52-53H,12-13,18-25H2,1-11H3/t27-,28+,29-,30-,31-,35+,36-,37-,38-,39-,41+,42-,43-,59?/m1/s1. The maximum Gasteiger partial charge on any atom is 0.309 e. The Bertz CT molecular complexity index is 1580. The number of rotatable bonds is 13. The highest BCUT2D eigenvalue weighted by molar-refractivity contribution is 7.90. The number of esters is 1. The number of benzene rings is 1. The van der Waals surface area contributed by atoms with Gasteiger partial charge in [-0.25, -0.2) is 0 Å². The molecule has 2 fully saturated rings. The van der Waals surface area contributed by atoms with E-state index in [0.29, 0.717) is 58.3 Å². The zero-order valence-corrected chi connectivity index (χ0v) is 38.0. The Morgan fingerprint density at radius 3 is 2.41 bits per heavy atom. The van der Waals surface area contributed by atoms with E-state index in [4.69, 9.17) is 18.9 Å². The van der Waals surface area contributed by atoms with E-state index in [2.05, 4.69) is 15.2 Å². The largest absolute Gasteiger partial charge is 0.612 e. The van der Waals surface area contributed by atoms with Crippen LogP contribution < -0.4 is 4.74 Å². The third-order valence-corrected chi connectivity index (χ3v) is 13.3. The number of cyclic esters (lactones) is 1. The Labute approximate surface area is 354 Å². The predicted molar refractivity (Wildman–Crippen MR) is 225 cm³/mol. The van der Waals surface area contributed by atoms with Crippen LogP contribution in [0.3, 0.4) is 0 Å². The Morgan fingerprint density at radius 1 is 1.08 bits per heavy atom. The molecule has 4 rings (SSSR count). The van der Waals surface area contributed by atoms with Gasteiger partial charge in [-0.1, -0.05) is 32.9 Å². The minimum Gasteiger partial charge on any atom is -0.612 e. The van der Waals surface area contributed by atoms with Crippen molar-refractivity contribution in [3.63, 3.8) is 0 Å². The lowest BCUT2D eigenvalue weighted by atomic mass is 9.79. The first-order chi connectivity index (χ1) is 27.6. The molecule has 0 spiro atoms. The molecule has 1 aromatic carbocycles. The molecule has 0 bridgehead atoms. The lowest BCUT2D eigenvalue weighted by molar-refractivity contribution is -0.296. The minimum absolute atomic E-state index is 0.0602. The van der Waals surface area contributed by atoms with Crippen molar-refractivity contribution in [1.29, 1.82) is 0 Å². The van der Waals surface area contributed by atoms with Gasteiger partial charge in [0.25, 0.3) is 0 Å². The maximum absolute atomic E-state index is 13.5. The summed E-state index contributed by atoms with van der Waals surface area (Å²) in [6.45, 7) is 16.8. The van der Waals surface area contributed by atoms with Gasteiger partial charge in [-0.15, -0.1) is 5.10 Å². The molecule has 2 aliphatic rings. The molecule has 0 radical (unpaired) electrons. The molecule has 16 heteroatoms. The molecule has 0 aliphatic carbocycles. The minimum atomic E-state index is -1.69. The summed E-state index contributed by atoms with van der Waals surface area (Å²) < 4.78 is 38.1. The van der Waals surface area contributed by atoms with Gasteiger partial charge in [-0.05, 0) is 115 Å². The highest BCUT2D eigenvalue weighted by Gasteiger charge is 2.48. The van der Waals surface area contributed by atoms with Crippen LogP contribution in [0.1, 0.15) is 93.2 Å². The second-order valence-corrected chi connectivity index (χ2v) is 19.3. The van der Waals surface area contributed by atoms with E-state index in [9.17, 15) is 29.8 Å². The molecule has 0 saturated carbocycles. The van der Waals surface area contributed by atoms with Gasteiger partial charge in [-0.3, -0.25) is 9.48 Å². The van der Waals surface area contributed by atoms with Crippen molar-refractivity contribution in [3.05, 3.63) is 36.2 Å². The summed E-state index contributed by atoms with van der Waals surface area (Å²) >= 11 is -1.03. The number of ether oxygens (including phenoxy) is 4. The summed E-state index contributed by atoms with van der Waals surface area (Å²) in [4.78, 5) is 18.3. The molecule has 2 saturated heterocycles. The zero-order chi connectivity index (χ0) is 43.8. The van der Waals surface area contributed by atoms with Crippen molar-refractivity contribution >= 4 is 17.1 Å². The van der Waals surface area contributed by atoms with Crippen molar-refractivity contribution in [1.82, 2.24) is 24.8 Å². The Balaban J connectivity index is 1.41. The van der Waals surface area contributed by atoms with Gasteiger partial charge < -0.3 is 53.7 Å². The van der Waals surface area contributed by atoms with E-state index in [-0.39, 0.29) is 24.0 Å². The molecule has 336 valence electrons. The second kappa shape index (κ2) is 21.6. The average Bonchev–Trinajstić information content (AvgIpc) is 3.63. The van der Waals surface area contributed by atoms with Crippen molar-refractivity contribution < 1.29 is 48.7 Å². The van der Waals surface area contributed by atoms with E-state index in [1.165, 1.54) is 6.92 Å². The summed E-state index contributed by atoms with van der Waals surface area (Å²) in [5, 5.41) is 55.6. The van der Waals surface area contributed by atoms with Gasteiger partial charge in [0.2, 0.25) is 0 Å². The summed E-state index contributed by atoms with van der Waals surface area (Å²) in [5.41, 5.74) is -2.26. The highest BCUT2D eigenvalue weighted by atomic mass is 32.2. The van der Waals surface area contributed by atoms with E-state index >= 15 is 0 Å². The molecular formula is C43H73N5O10S. The van der Waals surface area contributed by atoms with Gasteiger partial charge in [0.15, 0.2) is 11.2 Å². The number of likely N-dealkylation sites (N-methyl/N-ethyl adjacent to an activating group) is 2. The third-order valence-electron chi connectivity index (χ3n) is 12.4. The lowest BCUT2D eigenvalue weighted by Crippen LogP contribution is -2.59. The van der Waals surface area contributed by atoms with E-state index < -0.39 is 71.0 Å². The van der Waals surface area contributed by atoms with Gasteiger partial charge >= 0.3 is 5.97 Å². The zero-order valence-electron chi connectivity index (χ0n) is 37.2. The van der Waals surface area contributed by atoms with Crippen LogP contribution in [0.4, 0.5) is 0 Å². The molecular weight excluding hydrogens is 779 g/mol. The molecule has 2 aromatic rings. The Morgan fingerprint density at radius 2 is 1.76 bits per heavy atom. The number of hydrogen-bond donors (Lipinski definition) is 4. The number of carbonyl (C=O) groups is 1. The average molecular weight is 852 g/mol. The second-order valence-electron chi connectivity index (χ2n) is 18.0. The monoisotopic (exact) mass is 852 g/mol. The fourth-order valence-corrected chi connectivity index (χ4v) is 9.41. The first-order valence-electron chi connectivity index (χ1n) is 21.3. The number of nitrogens with zero attached hydrogens (tertiary/aromatic N) is 5. The van der Waals surface area contributed by atoms with Crippen LogP contribution >= 0.6 is 0 Å². The van der Waals surface area contributed by atoms with Crippen LogP contribution in [0.25, 0.3) is 0 Å². The van der Waals surface area contributed by atoms with Crippen LogP contribution in [0.2, 0.25) is 0 Å². The van der Waals surface area contributed by atoms with Crippen LogP contribution in [-0.4, -0.2) is 156 Å². The number of aliphatic hydroxyl groups excluding tert-OH is 2. The fourth-order valence-electron chi connectivity index (χ4n) is 8.89. The molecule has 3 heterocycles. The summed E-state index contributed by atoms with van der Waals surface area (Å²) in [6, 6.07) is 6.47. The molecule has 4 N–H and O–H groups in total. The van der Waals surface area contributed by atoms with Crippen LogP contribution in [0, 0.1) is 17.8 Å². The van der Waals surface area contributed by atoms with Gasteiger partial charge in [0.05, 0.1) is 36.0 Å². The summed E-state index contributed by atoms with van der Waals surface area (Å²) in [7, 11) is 3.83. The number of aromatic nitrogens is 3. The smallest absolute Gasteiger partial charge is 0.309 e. The molecule has 0 amide bonds. The lowest BCUT2D eigenvalue weighted by Gasteiger charge is -2.46. The number of aryl methyl sites for hydroxylation is 1. The first-order valence-corrected chi connectivity index (χ1v) is 22.9. The fraction of sp³-hybridized carbons (Fsp3) is 0.791. The van der Waals surface area contributed by atoms with Gasteiger partial charge in [-0.2, -0.15) is 0 Å².